The maximum absolute atomic E-state index is 11.6. The molecule has 7 heteroatoms. The number of nitrogen functional groups attached to an aromatic ring is 1. The van der Waals surface area contributed by atoms with Gasteiger partial charge < -0.3 is 5.73 Å². The molecule has 3 N–H and O–H groups in total. The van der Waals surface area contributed by atoms with Gasteiger partial charge in [0.1, 0.15) is 5.02 Å². The van der Waals surface area contributed by atoms with Gasteiger partial charge in [0, 0.05) is 21.9 Å². The van der Waals surface area contributed by atoms with Gasteiger partial charge in [0.25, 0.3) is 5.56 Å². The molecule has 0 saturated carbocycles. The summed E-state index contributed by atoms with van der Waals surface area (Å²) < 4.78 is 2.08. The van der Waals surface area contributed by atoms with Gasteiger partial charge in [0.15, 0.2) is 0 Å². The molecule has 0 saturated heterocycles. The zero-order chi connectivity index (χ0) is 13.3. The molecule has 18 heavy (non-hydrogen) atoms. The van der Waals surface area contributed by atoms with Crippen LogP contribution in [0.3, 0.4) is 0 Å². The molecule has 0 radical (unpaired) electrons. The molecule has 1 heterocycles. The largest absolute Gasteiger partial charge is 0.398 e. The van der Waals surface area contributed by atoms with Crippen molar-refractivity contribution in [2.75, 3.05) is 5.73 Å². The molecule has 94 valence electrons. The average molecular weight is 331 g/mol. The molecule has 2 aromatic rings. The lowest BCUT2D eigenvalue weighted by Crippen LogP contribution is -2.30. The van der Waals surface area contributed by atoms with Crippen molar-refractivity contribution in [3.63, 3.8) is 0 Å². The number of H-pyrrole nitrogens is 1. The number of aromatic amines is 1. The summed E-state index contributed by atoms with van der Waals surface area (Å²) in [5.41, 5.74) is 6.02. The van der Waals surface area contributed by atoms with Gasteiger partial charge in [-0.2, -0.15) is 0 Å². The van der Waals surface area contributed by atoms with E-state index in [0.29, 0.717) is 5.69 Å². The number of aromatic nitrogens is 2. The Bertz CT molecular complexity index is 688. The number of halogens is 2. The van der Waals surface area contributed by atoms with Crippen molar-refractivity contribution in [1.82, 2.24) is 9.55 Å². The first-order chi connectivity index (χ1) is 8.49. The number of nitrogens with zero attached hydrogens (tertiary/aromatic N) is 1. The third-order valence-electron chi connectivity index (χ3n) is 2.45. The normalized spacial score (nSPS) is 10.6. The number of anilines is 1. The van der Waals surface area contributed by atoms with Crippen LogP contribution in [0.2, 0.25) is 5.02 Å². The summed E-state index contributed by atoms with van der Waals surface area (Å²) in [4.78, 5) is 24.9. The molecule has 2 rings (SSSR count). The Kier molecular flexibility index (Phi) is 3.58. The van der Waals surface area contributed by atoms with Gasteiger partial charge in [0.2, 0.25) is 0 Å². The lowest BCUT2D eigenvalue weighted by molar-refractivity contribution is 0.720. The maximum atomic E-state index is 11.6. The SMILES string of the molecule is Nc1cccc(Br)c1Cn1cc(Cl)c(=O)[nH]c1=O. The zero-order valence-corrected chi connectivity index (χ0v) is 11.5. The fraction of sp³-hybridized carbons (Fsp3) is 0.0909. The number of benzene rings is 1. The topological polar surface area (TPSA) is 80.9 Å². The van der Waals surface area contributed by atoms with Crippen molar-refractivity contribution in [3.05, 3.63) is 60.3 Å². The fourth-order valence-corrected chi connectivity index (χ4v) is 2.18. The Labute approximate surface area is 115 Å². The summed E-state index contributed by atoms with van der Waals surface area (Å²) in [6.45, 7) is 0.225. The van der Waals surface area contributed by atoms with Crippen LogP contribution in [-0.4, -0.2) is 9.55 Å². The zero-order valence-electron chi connectivity index (χ0n) is 9.11. The van der Waals surface area contributed by atoms with E-state index >= 15 is 0 Å². The summed E-state index contributed by atoms with van der Waals surface area (Å²) in [7, 11) is 0. The molecule has 0 aliphatic heterocycles. The Hall–Kier alpha value is -1.53. The highest BCUT2D eigenvalue weighted by Crippen LogP contribution is 2.23. The number of nitrogens with one attached hydrogen (secondary N) is 1. The van der Waals surface area contributed by atoms with Gasteiger partial charge in [-0.15, -0.1) is 0 Å². The monoisotopic (exact) mass is 329 g/mol. The van der Waals surface area contributed by atoms with Gasteiger partial charge in [-0.05, 0) is 12.1 Å². The first kappa shape index (κ1) is 12.9. The van der Waals surface area contributed by atoms with Crippen LogP contribution in [0.25, 0.3) is 0 Å². The van der Waals surface area contributed by atoms with Crippen molar-refractivity contribution < 1.29 is 0 Å². The predicted molar refractivity (Wildman–Crippen MR) is 74.0 cm³/mol. The molecule has 1 aromatic heterocycles. The molecule has 1 aromatic carbocycles. The van der Waals surface area contributed by atoms with E-state index in [1.807, 2.05) is 6.07 Å². The second-order valence-corrected chi connectivity index (χ2v) is 4.93. The smallest absolute Gasteiger partial charge is 0.328 e. The van der Waals surface area contributed by atoms with E-state index in [2.05, 4.69) is 20.9 Å². The van der Waals surface area contributed by atoms with Crippen molar-refractivity contribution in [2.45, 2.75) is 6.54 Å². The molecule has 0 amide bonds. The standard InChI is InChI=1S/C11H9BrClN3O2/c12-7-2-1-3-9(14)6(7)4-16-5-8(13)10(17)15-11(16)18/h1-3,5H,4,14H2,(H,15,17,18). The number of hydrogen-bond acceptors (Lipinski definition) is 3. The molecule has 0 aliphatic rings. The van der Waals surface area contributed by atoms with Crippen LogP contribution < -0.4 is 17.0 Å². The molecule has 5 nitrogen and oxygen atoms in total. The predicted octanol–water partition coefficient (Wildman–Crippen LogP) is 1.58. The molecule has 0 aliphatic carbocycles. The molecule has 0 unspecified atom stereocenters. The van der Waals surface area contributed by atoms with E-state index in [1.165, 1.54) is 10.8 Å². The number of hydrogen-bond donors (Lipinski definition) is 2. The van der Waals surface area contributed by atoms with Gasteiger partial charge in [0.05, 0.1) is 6.54 Å². The van der Waals surface area contributed by atoms with Crippen LogP contribution in [0, 0.1) is 0 Å². The third kappa shape index (κ3) is 2.49. The highest BCUT2D eigenvalue weighted by atomic mass is 79.9. The van der Waals surface area contributed by atoms with Gasteiger partial charge in [-0.3, -0.25) is 14.3 Å². The summed E-state index contributed by atoms with van der Waals surface area (Å²) >= 11 is 9.05. The second kappa shape index (κ2) is 4.99. The van der Waals surface area contributed by atoms with Gasteiger partial charge >= 0.3 is 5.69 Å². The minimum atomic E-state index is -0.599. The first-order valence-electron chi connectivity index (χ1n) is 5.01. The Balaban J connectivity index is 2.50. The van der Waals surface area contributed by atoms with Crippen LogP contribution >= 0.6 is 27.5 Å². The molecule has 0 fully saturated rings. The molecular formula is C11H9BrClN3O2. The molecule has 0 spiro atoms. The molecule has 0 atom stereocenters. The van der Waals surface area contributed by atoms with Crippen molar-refractivity contribution in [1.29, 1.82) is 0 Å². The minimum absolute atomic E-state index is 0.0415. The van der Waals surface area contributed by atoms with E-state index in [-0.39, 0.29) is 11.6 Å². The van der Waals surface area contributed by atoms with Gasteiger partial charge in [-0.25, -0.2) is 4.79 Å². The second-order valence-electron chi connectivity index (χ2n) is 3.67. The Morgan fingerprint density at radius 3 is 2.78 bits per heavy atom. The summed E-state index contributed by atoms with van der Waals surface area (Å²) in [5, 5.41) is -0.0415. The van der Waals surface area contributed by atoms with Crippen molar-refractivity contribution in [3.8, 4) is 0 Å². The van der Waals surface area contributed by atoms with Gasteiger partial charge in [-0.1, -0.05) is 33.6 Å². The van der Waals surface area contributed by atoms with E-state index in [9.17, 15) is 9.59 Å². The Morgan fingerprint density at radius 2 is 2.11 bits per heavy atom. The number of rotatable bonds is 2. The van der Waals surface area contributed by atoms with Crippen LogP contribution in [0.1, 0.15) is 5.56 Å². The van der Waals surface area contributed by atoms with E-state index in [4.69, 9.17) is 17.3 Å². The lowest BCUT2D eigenvalue weighted by Gasteiger charge is -2.10. The van der Waals surface area contributed by atoms with Crippen LogP contribution in [0.5, 0.6) is 0 Å². The molecular weight excluding hydrogens is 321 g/mol. The summed E-state index contributed by atoms with van der Waals surface area (Å²) in [6.07, 6.45) is 1.29. The van der Waals surface area contributed by atoms with Crippen molar-refractivity contribution >= 4 is 33.2 Å². The van der Waals surface area contributed by atoms with E-state index in [0.717, 1.165) is 10.0 Å². The van der Waals surface area contributed by atoms with E-state index < -0.39 is 11.2 Å². The average Bonchev–Trinajstić information content (AvgIpc) is 2.30. The molecule has 0 bridgehead atoms. The van der Waals surface area contributed by atoms with Crippen LogP contribution in [-0.2, 0) is 6.54 Å². The summed E-state index contributed by atoms with van der Waals surface area (Å²) in [5.74, 6) is 0. The maximum Gasteiger partial charge on any atom is 0.328 e. The van der Waals surface area contributed by atoms with E-state index in [1.54, 1.807) is 12.1 Å². The third-order valence-corrected chi connectivity index (χ3v) is 3.46. The Morgan fingerprint density at radius 1 is 1.39 bits per heavy atom. The van der Waals surface area contributed by atoms with Crippen molar-refractivity contribution in [2.24, 2.45) is 0 Å². The number of nitrogens with two attached hydrogens (primary N) is 1. The minimum Gasteiger partial charge on any atom is -0.398 e. The lowest BCUT2D eigenvalue weighted by atomic mass is 10.2. The van der Waals surface area contributed by atoms with Crippen LogP contribution in [0.15, 0.2) is 38.5 Å². The highest BCUT2D eigenvalue weighted by molar-refractivity contribution is 9.10. The first-order valence-corrected chi connectivity index (χ1v) is 6.18. The highest BCUT2D eigenvalue weighted by Gasteiger charge is 2.08. The quantitative estimate of drug-likeness (QED) is 0.820. The van der Waals surface area contributed by atoms with Crippen LogP contribution in [0.4, 0.5) is 5.69 Å². The summed E-state index contributed by atoms with van der Waals surface area (Å²) in [6, 6.07) is 5.36. The fourth-order valence-electron chi connectivity index (χ4n) is 1.51.